The average Bonchev–Trinajstić information content (AvgIpc) is 2.62. The largest absolute Gasteiger partial charge is 0.417 e. The fourth-order valence-electron chi connectivity index (χ4n) is 2.41. The van der Waals surface area contributed by atoms with Crippen LogP contribution in [0.25, 0.3) is 0 Å². The van der Waals surface area contributed by atoms with Crippen LogP contribution in [-0.2, 0) is 27.5 Å². The lowest BCUT2D eigenvalue weighted by atomic mass is 10.2. The lowest BCUT2D eigenvalue weighted by molar-refractivity contribution is -0.137. The van der Waals surface area contributed by atoms with Crippen LogP contribution in [0.4, 0.5) is 17.6 Å². The highest BCUT2D eigenvalue weighted by Crippen LogP contribution is 2.35. The van der Waals surface area contributed by atoms with Crippen molar-refractivity contribution >= 4 is 27.5 Å². The van der Waals surface area contributed by atoms with Gasteiger partial charge in [-0.2, -0.15) is 13.2 Å². The van der Waals surface area contributed by atoms with E-state index in [4.69, 9.17) is 11.6 Å². The number of carbonyl (C=O) groups excluding carboxylic acids is 1. The van der Waals surface area contributed by atoms with E-state index in [9.17, 15) is 30.8 Å². The topological polar surface area (TPSA) is 66.5 Å². The second-order valence-electron chi connectivity index (χ2n) is 6.16. The number of amides is 1. The Morgan fingerprint density at radius 2 is 1.76 bits per heavy atom. The van der Waals surface area contributed by atoms with Crippen molar-refractivity contribution in [3.05, 3.63) is 64.4 Å². The number of alkyl halides is 3. The number of hydrogen-bond acceptors (Lipinski definition) is 3. The highest BCUT2D eigenvalue weighted by atomic mass is 35.5. The second kappa shape index (κ2) is 9.10. The molecule has 0 bridgehead atoms. The molecule has 0 fully saturated rings. The van der Waals surface area contributed by atoms with Crippen LogP contribution in [0.3, 0.4) is 0 Å². The van der Waals surface area contributed by atoms with Crippen LogP contribution in [0, 0.1) is 5.82 Å². The van der Waals surface area contributed by atoms with Gasteiger partial charge in [0.05, 0.1) is 15.5 Å². The molecular formula is C18H17ClF4N2O3S. The van der Waals surface area contributed by atoms with E-state index in [1.165, 1.54) is 36.2 Å². The quantitative estimate of drug-likeness (QED) is 0.649. The number of sulfonamides is 1. The zero-order valence-electron chi connectivity index (χ0n) is 15.1. The van der Waals surface area contributed by atoms with Crippen molar-refractivity contribution in [1.29, 1.82) is 0 Å². The normalized spacial score (nSPS) is 12.1. The second-order valence-corrected chi connectivity index (χ2v) is 8.34. The Labute approximate surface area is 170 Å². The fraction of sp³-hybridized carbons (Fsp3) is 0.278. The zero-order chi connectivity index (χ0) is 21.8. The first-order valence-corrected chi connectivity index (χ1v) is 10.1. The maximum Gasteiger partial charge on any atom is 0.417 e. The van der Waals surface area contributed by atoms with Crippen molar-refractivity contribution < 1.29 is 30.8 Å². The molecule has 0 aliphatic rings. The minimum absolute atomic E-state index is 0.192. The van der Waals surface area contributed by atoms with Crippen LogP contribution in [0.1, 0.15) is 17.5 Å². The van der Waals surface area contributed by atoms with Crippen molar-refractivity contribution in [2.75, 3.05) is 13.6 Å². The number of nitrogens with zero attached hydrogens (tertiary/aromatic N) is 1. The molecule has 2 aromatic carbocycles. The molecule has 1 N–H and O–H groups in total. The van der Waals surface area contributed by atoms with Gasteiger partial charge in [-0.3, -0.25) is 4.79 Å². The van der Waals surface area contributed by atoms with Gasteiger partial charge in [0.15, 0.2) is 0 Å². The Balaban J connectivity index is 1.96. The zero-order valence-corrected chi connectivity index (χ0v) is 16.7. The predicted molar refractivity (Wildman–Crippen MR) is 99.1 cm³/mol. The van der Waals surface area contributed by atoms with E-state index in [0.29, 0.717) is 11.6 Å². The number of benzene rings is 2. The van der Waals surface area contributed by atoms with Gasteiger partial charge < -0.3 is 4.90 Å². The molecule has 11 heteroatoms. The number of halogens is 5. The highest BCUT2D eigenvalue weighted by Gasteiger charge is 2.34. The van der Waals surface area contributed by atoms with E-state index in [2.05, 4.69) is 4.72 Å². The molecule has 2 aromatic rings. The Kier molecular flexibility index (Phi) is 7.25. The Morgan fingerprint density at radius 3 is 2.34 bits per heavy atom. The molecule has 29 heavy (non-hydrogen) atoms. The summed E-state index contributed by atoms with van der Waals surface area (Å²) in [5, 5.41) is -0.617. The Bertz CT molecular complexity index is 980. The minimum Gasteiger partial charge on any atom is -0.341 e. The van der Waals surface area contributed by atoms with E-state index >= 15 is 0 Å². The highest BCUT2D eigenvalue weighted by molar-refractivity contribution is 7.89. The van der Waals surface area contributed by atoms with Gasteiger partial charge in [0.25, 0.3) is 0 Å². The Morgan fingerprint density at radius 1 is 1.14 bits per heavy atom. The summed E-state index contributed by atoms with van der Waals surface area (Å²) in [7, 11) is -2.77. The molecule has 0 aromatic heterocycles. The van der Waals surface area contributed by atoms with Gasteiger partial charge in [0.1, 0.15) is 5.82 Å². The van der Waals surface area contributed by atoms with E-state index in [1.54, 1.807) is 0 Å². The first-order valence-electron chi connectivity index (χ1n) is 8.25. The van der Waals surface area contributed by atoms with Crippen molar-refractivity contribution in [2.45, 2.75) is 24.0 Å². The molecule has 5 nitrogen and oxygen atoms in total. The molecule has 0 aliphatic carbocycles. The van der Waals surface area contributed by atoms with Crippen LogP contribution in [0.15, 0.2) is 47.4 Å². The van der Waals surface area contributed by atoms with Gasteiger partial charge in [-0.15, -0.1) is 0 Å². The summed E-state index contributed by atoms with van der Waals surface area (Å²) in [5.74, 6) is -0.808. The summed E-state index contributed by atoms with van der Waals surface area (Å²) in [6, 6.07) is 7.77. The third-order valence-corrected chi connectivity index (χ3v) is 5.73. The maximum absolute atomic E-state index is 12.9. The van der Waals surface area contributed by atoms with Gasteiger partial charge in [-0.05, 0) is 35.9 Å². The van der Waals surface area contributed by atoms with Crippen LogP contribution >= 0.6 is 11.6 Å². The molecule has 1 amide bonds. The molecule has 0 radical (unpaired) electrons. The summed E-state index contributed by atoms with van der Waals surface area (Å²) in [6.07, 6.45) is -5.02. The molecule has 0 saturated heterocycles. The summed E-state index contributed by atoms with van der Waals surface area (Å²) in [6.45, 7) is -0.114. The molecule has 0 spiro atoms. The third-order valence-electron chi connectivity index (χ3n) is 3.94. The van der Waals surface area contributed by atoms with Crippen molar-refractivity contribution in [3.8, 4) is 0 Å². The molecular weight excluding hydrogens is 436 g/mol. The van der Waals surface area contributed by atoms with Crippen LogP contribution in [-0.4, -0.2) is 32.8 Å². The monoisotopic (exact) mass is 452 g/mol. The fourth-order valence-corrected chi connectivity index (χ4v) is 3.69. The molecule has 0 saturated carbocycles. The summed E-state index contributed by atoms with van der Waals surface area (Å²) in [5.41, 5.74) is -0.583. The Hall–Kier alpha value is -2.17. The van der Waals surface area contributed by atoms with Gasteiger partial charge in [0, 0.05) is 26.6 Å². The standard InChI is InChI=1S/C18H17ClF4N2O3S/c1-25(11-12-2-4-13(20)5-3-12)17(26)8-9-24-29(27,28)14-6-7-16(19)15(10-14)18(21,22)23/h2-7,10,24H,8-9,11H2,1H3. The number of rotatable bonds is 7. The van der Waals surface area contributed by atoms with Gasteiger partial charge in [0.2, 0.25) is 15.9 Å². The van der Waals surface area contributed by atoms with Crippen molar-refractivity contribution in [3.63, 3.8) is 0 Å². The smallest absolute Gasteiger partial charge is 0.341 e. The lowest BCUT2D eigenvalue weighted by Crippen LogP contribution is -2.32. The molecule has 0 aliphatic heterocycles. The predicted octanol–water partition coefficient (Wildman–Crippen LogP) is 3.82. The third kappa shape index (κ3) is 6.41. The first kappa shape index (κ1) is 23.1. The number of hydrogen-bond donors (Lipinski definition) is 1. The molecule has 0 unspecified atom stereocenters. The summed E-state index contributed by atoms with van der Waals surface area (Å²) < 4.78 is 78.1. The van der Waals surface area contributed by atoms with Gasteiger partial charge >= 0.3 is 6.18 Å². The van der Waals surface area contributed by atoms with Crippen LogP contribution < -0.4 is 4.72 Å². The lowest BCUT2D eigenvalue weighted by Gasteiger charge is -2.17. The SMILES string of the molecule is CN(Cc1ccc(F)cc1)C(=O)CCNS(=O)(=O)c1ccc(Cl)c(C(F)(F)F)c1. The van der Waals surface area contributed by atoms with Gasteiger partial charge in [-0.25, -0.2) is 17.5 Å². The van der Waals surface area contributed by atoms with Crippen LogP contribution in [0.2, 0.25) is 5.02 Å². The van der Waals surface area contributed by atoms with E-state index in [1.807, 2.05) is 0 Å². The summed E-state index contributed by atoms with van der Waals surface area (Å²) in [4.78, 5) is 12.8. The average molecular weight is 453 g/mol. The number of carbonyl (C=O) groups is 1. The van der Waals surface area contributed by atoms with Crippen molar-refractivity contribution in [2.24, 2.45) is 0 Å². The minimum atomic E-state index is -4.80. The van der Waals surface area contributed by atoms with E-state index < -0.39 is 43.4 Å². The molecule has 0 heterocycles. The van der Waals surface area contributed by atoms with Gasteiger partial charge in [-0.1, -0.05) is 23.7 Å². The first-order chi connectivity index (χ1) is 13.4. The molecule has 158 valence electrons. The number of nitrogens with one attached hydrogen (secondary N) is 1. The molecule has 2 rings (SSSR count). The van der Waals surface area contributed by atoms with Crippen LogP contribution in [0.5, 0.6) is 0 Å². The van der Waals surface area contributed by atoms with E-state index in [0.717, 1.165) is 12.1 Å². The van der Waals surface area contributed by atoms with E-state index in [-0.39, 0.29) is 19.5 Å². The maximum atomic E-state index is 12.9. The molecule has 0 atom stereocenters. The summed E-state index contributed by atoms with van der Waals surface area (Å²) >= 11 is 5.48. The van der Waals surface area contributed by atoms with Crippen molar-refractivity contribution in [1.82, 2.24) is 9.62 Å².